The lowest BCUT2D eigenvalue weighted by Crippen LogP contribution is -2.34. The van der Waals surface area contributed by atoms with Gasteiger partial charge in [0.2, 0.25) is 0 Å². The Morgan fingerprint density at radius 2 is 1.44 bits per heavy atom. The number of ether oxygens (including phenoxy) is 1. The fourth-order valence-corrected chi connectivity index (χ4v) is 1.76. The highest BCUT2D eigenvalue weighted by Crippen LogP contribution is 2.29. The lowest BCUT2D eigenvalue weighted by molar-refractivity contribution is -0.322. The van der Waals surface area contributed by atoms with Gasteiger partial charge in [-0.3, -0.25) is 4.89 Å². The molecule has 0 heterocycles. The maximum absolute atomic E-state index is 11.5. The van der Waals surface area contributed by atoms with Crippen LogP contribution in [0.25, 0.3) is 0 Å². The Balaban J connectivity index is 4.23. The second-order valence-electron chi connectivity index (χ2n) is 7.13. The van der Waals surface area contributed by atoms with Crippen molar-refractivity contribution >= 4 is 6.16 Å². The number of hydrogen-bond acceptors (Lipinski definition) is 4. The van der Waals surface area contributed by atoms with Gasteiger partial charge in [0.25, 0.3) is 0 Å². The zero-order valence-electron chi connectivity index (χ0n) is 13.0. The molecule has 0 unspecified atom stereocenters. The number of rotatable bonds is 5. The van der Waals surface area contributed by atoms with Crippen molar-refractivity contribution in [2.45, 2.75) is 79.4 Å². The van der Waals surface area contributed by atoms with E-state index in [0.717, 1.165) is 12.8 Å². The highest BCUT2D eigenvalue weighted by atomic mass is 17.2. The summed E-state index contributed by atoms with van der Waals surface area (Å²) < 4.78 is 5.27. The molecular formula is C14H28O4. The molecule has 0 spiro atoms. The average molecular weight is 260 g/mol. The van der Waals surface area contributed by atoms with Crippen LogP contribution in [0.1, 0.15) is 68.2 Å². The maximum Gasteiger partial charge on any atom is 0.541 e. The van der Waals surface area contributed by atoms with Gasteiger partial charge in [-0.25, -0.2) is 4.79 Å². The van der Waals surface area contributed by atoms with E-state index in [4.69, 9.17) is 9.62 Å². The minimum absolute atomic E-state index is 0.0767. The summed E-state index contributed by atoms with van der Waals surface area (Å²) in [5.41, 5.74) is -0.991. The molecule has 0 aliphatic carbocycles. The lowest BCUT2D eigenvalue weighted by Gasteiger charge is -2.31. The normalized spacial score (nSPS) is 13.3. The van der Waals surface area contributed by atoms with Crippen LogP contribution in [-0.2, 0) is 14.5 Å². The van der Waals surface area contributed by atoms with Crippen molar-refractivity contribution in [3.05, 3.63) is 0 Å². The Bertz CT molecular complexity index is 274. The van der Waals surface area contributed by atoms with Gasteiger partial charge in [-0.05, 0) is 46.0 Å². The topological polar surface area (TPSA) is 44.8 Å². The van der Waals surface area contributed by atoms with Gasteiger partial charge in [0.05, 0.1) is 0 Å². The molecule has 0 aromatic heterocycles. The molecule has 0 N–H and O–H groups in total. The molecule has 0 rings (SSSR count). The van der Waals surface area contributed by atoms with E-state index in [2.05, 4.69) is 25.7 Å². The van der Waals surface area contributed by atoms with Gasteiger partial charge >= 0.3 is 6.16 Å². The molecule has 0 saturated carbocycles. The van der Waals surface area contributed by atoms with Gasteiger partial charge in [-0.1, -0.05) is 27.7 Å². The van der Waals surface area contributed by atoms with Gasteiger partial charge in [0.1, 0.15) is 11.2 Å². The zero-order chi connectivity index (χ0) is 14.6. The van der Waals surface area contributed by atoms with Crippen LogP contribution in [0.15, 0.2) is 0 Å². The van der Waals surface area contributed by atoms with E-state index in [1.54, 1.807) is 0 Å². The molecule has 0 atom stereocenters. The summed E-state index contributed by atoms with van der Waals surface area (Å²) in [6.45, 7) is 15.7. The van der Waals surface area contributed by atoms with Crippen molar-refractivity contribution in [2.24, 2.45) is 5.41 Å². The summed E-state index contributed by atoms with van der Waals surface area (Å²) in [6.07, 6.45) is 0.698. The SMILES string of the molecule is CCC(C)(C)OOC(=O)OC(C)(C)CC(C)(C)C. The summed E-state index contributed by atoms with van der Waals surface area (Å²) in [5.74, 6) is 0. The van der Waals surface area contributed by atoms with Gasteiger partial charge in [0.15, 0.2) is 0 Å². The Morgan fingerprint density at radius 3 is 1.83 bits per heavy atom. The minimum Gasteiger partial charge on any atom is -0.426 e. The molecule has 4 heteroatoms. The third kappa shape index (κ3) is 8.34. The third-order valence-electron chi connectivity index (χ3n) is 2.50. The second kappa shape index (κ2) is 5.91. The van der Waals surface area contributed by atoms with Crippen molar-refractivity contribution in [1.82, 2.24) is 0 Å². The van der Waals surface area contributed by atoms with Crippen LogP contribution >= 0.6 is 0 Å². The van der Waals surface area contributed by atoms with Crippen LogP contribution in [0.2, 0.25) is 0 Å². The first kappa shape index (κ1) is 17.2. The Labute approximate surface area is 111 Å². The molecule has 0 saturated heterocycles. The smallest absolute Gasteiger partial charge is 0.426 e. The van der Waals surface area contributed by atoms with E-state index in [-0.39, 0.29) is 5.41 Å². The summed E-state index contributed by atoms with van der Waals surface area (Å²) in [7, 11) is 0. The lowest BCUT2D eigenvalue weighted by atomic mass is 9.84. The van der Waals surface area contributed by atoms with Crippen molar-refractivity contribution in [1.29, 1.82) is 0 Å². The minimum atomic E-state index is -0.786. The highest BCUT2D eigenvalue weighted by molar-refractivity contribution is 5.59. The van der Waals surface area contributed by atoms with E-state index < -0.39 is 17.4 Å². The van der Waals surface area contributed by atoms with E-state index >= 15 is 0 Å². The van der Waals surface area contributed by atoms with Crippen LogP contribution in [0, 0.1) is 5.41 Å². The first-order chi connectivity index (χ1) is 7.87. The summed E-state index contributed by atoms with van der Waals surface area (Å²) in [6, 6.07) is 0. The Kier molecular flexibility index (Phi) is 5.66. The molecule has 18 heavy (non-hydrogen) atoms. The molecular weight excluding hydrogens is 232 g/mol. The summed E-state index contributed by atoms with van der Waals surface area (Å²) >= 11 is 0. The number of carbonyl (C=O) groups excluding carboxylic acids is 1. The second-order valence-corrected chi connectivity index (χ2v) is 7.13. The molecule has 4 nitrogen and oxygen atoms in total. The summed E-state index contributed by atoms with van der Waals surface area (Å²) in [5, 5.41) is 0. The van der Waals surface area contributed by atoms with E-state index in [0.29, 0.717) is 0 Å². The highest BCUT2D eigenvalue weighted by Gasteiger charge is 2.31. The number of carbonyl (C=O) groups is 1. The van der Waals surface area contributed by atoms with Crippen LogP contribution in [0.3, 0.4) is 0 Å². The standard InChI is InChI=1S/C14H28O4/c1-9-13(5,6)18-17-11(15)16-14(7,8)10-12(2,3)4/h9-10H2,1-8H3. The van der Waals surface area contributed by atoms with Gasteiger partial charge in [-0.2, -0.15) is 4.89 Å². The largest absolute Gasteiger partial charge is 0.541 e. The average Bonchev–Trinajstić information content (AvgIpc) is 2.10. The first-order valence-electron chi connectivity index (χ1n) is 6.46. The predicted octanol–water partition coefficient (Wildman–Crippen LogP) is 4.47. The third-order valence-corrected chi connectivity index (χ3v) is 2.50. The quantitative estimate of drug-likeness (QED) is 0.415. The molecule has 0 aromatic rings. The van der Waals surface area contributed by atoms with Crippen LogP contribution in [0.4, 0.5) is 4.79 Å². The maximum atomic E-state index is 11.5. The molecule has 0 aliphatic rings. The predicted molar refractivity (Wildman–Crippen MR) is 71.2 cm³/mol. The van der Waals surface area contributed by atoms with Crippen molar-refractivity contribution in [2.75, 3.05) is 0 Å². The van der Waals surface area contributed by atoms with E-state index in [1.165, 1.54) is 0 Å². The van der Waals surface area contributed by atoms with Crippen molar-refractivity contribution in [3.8, 4) is 0 Å². The molecule has 0 fully saturated rings. The fourth-order valence-electron chi connectivity index (χ4n) is 1.76. The Hall–Kier alpha value is -0.770. The van der Waals surface area contributed by atoms with Crippen molar-refractivity contribution < 1.29 is 19.3 Å². The summed E-state index contributed by atoms with van der Waals surface area (Å²) in [4.78, 5) is 21.3. The van der Waals surface area contributed by atoms with Crippen LogP contribution < -0.4 is 0 Å². The van der Waals surface area contributed by atoms with E-state index in [1.807, 2.05) is 34.6 Å². The molecule has 0 amide bonds. The first-order valence-corrected chi connectivity index (χ1v) is 6.46. The fraction of sp³-hybridized carbons (Fsp3) is 0.929. The van der Waals surface area contributed by atoms with Gasteiger partial charge in [-0.15, -0.1) is 0 Å². The Morgan fingerprint density at radius 1 is 0.944 bits per heavy atom. The molecule has 0 aliphatic heterocycles. The monoisotopic (exact) mass is 260 g/mol. The van der Waals surface area contributed by atoms with Crippen molar-refractivity contribution in [3.63, 3.8) is 0 Å². The van der Waals surface area contributed by atoms with Gasteiger partial charge in [0, 0.05) is 0 Å². The number of hydrogen-bond donors (Lipinski definition) is 0. The van der Waals surface area contributed by atoms with Crippen LogP contribution in [-0.4, -0.2) is 17.4 Å². The molecule has 0 bridgehead atoms. The van der Waals surface area contributed by atoms with Crippen LogP contribution in [0.5, 0.6) is 0 Å². The molecule has 0 radical (unpaired) electrons. The van der Waals surface area contributed by atoms with Gasteiger partial charge < -0.3 is 4.74 Å². The zero-order valence-corrected chi connectivity index (χ0v) is 13.0. The van der Waals surface area contributed by atoms with E-state index in [9.17, 15) is 4.79 Å². The molecule has 108 valence electrons. The molecule has 0 aromatic carbocycles.